The summed E-state index contributed by atoms with van der Waals surface area (Å²) >= 11 is 0. The summed E-state index contributed by atoms with van der Waals surface area (Å²) in [5.41, 5.74) is 3.73. The maximum absolute atomic E-state index is 11.5. The zero-order valence-corrected chi connectivity index (χ0v) is 11.1. The summed E-state index contributed by atoms with van der Waals surface area (Å²) in [6, 6.07) is 15.5. The topological polar surface area (TPSA) is 68.9 Å². The monoisotopic (exact) mass is 276 g/mol. The van der Waals surface area contributed by atoms with Crippen LogP contribution in [0.3, 0.4) is 0 Å². The normalized spacial score (nSPS) is 11.2. The third-order valence-corrected chi connectivity index (χ3v) is 3.76. The molecule has 4 rings (SSSR count). The molecule has 102 valence electrons. The predicted molar refractivity (Wildman–Crippen MR) is 82.6 cm³/mol. The number of hydrogen-bond acceptors (Lipinski definition) is 1. The number of carboxylic acids is 1. The highest BCUT2D eigenvalue weighted by molar-refractivity contribution is 6.08. The molecular weight excluding hydrogens is 264 g/mol. The third kappa shape index (κ3) is 1.73. The van der Waals surface area contributed by atoms with E-state index >= 15 is 0 Å². The Hall–Kier alpha value is -3.01. The van der Waals surface area contributed by atoms with Crippen molar-refractivity contribution >= 4 is 27.8 Å². The van der Waals surface area contributed by atoms with Crippen LogP contribution in [0.25, 0.3) is 32.9 Å². The number of aromatic amines is 2. The van der Waals surface area contributed by atoms with Gasteiger partial charge in [-0.25, -0.2) is 4.79 Å². The van der Waals surface area contributed by atoms with E-state index in [0.29, 0.717) is 0 Å². The Labute approximate surface area is 120 Å². The number of H-pyrrole nitrogens is 2. The Morgan fingerprint density at radius 2 is 1.86 bits per heavy atom. The van der Waals surface area contributed by atoms with E-state index in [1.165, 1.54) is 0 Å². The number of para-hydroxylation sites is 1. The highest BCUT2D eigenvalue weighted by Crippen LogP contribution is 2.33. The fraction of sp³-hybridized carbons (Fsp3) is 0. The van der Waals surface area contributed by atoms with Gasteiger partial charge in [0.25, 0.3) is 0 Å². The molecule has 0 amide bonds. The van der Waals surface area contributed by atoms with Crippen molar-refractivity contribution < 1.29 is 9.90 Å². The number of aromatic nitrogens is 2. The van der Waals surface area contributed by atoms with Gasteiger partial charge in [-0.2, -0.15) is 0 Å². The smallest absolute Gasteiger partial charge is 0.352 e. The van der Waals surface area contributed by atoms with Crippen LogP contribution in [0.1, 0.15) is 10.5 Å². The Morgan fingerprint density at radius 1 is 1.00 bits per heavy atom. The molecule has 0 atom stereocenters. The lowest BCUT2D eigenvalue weighted by atomic mass is 10.0. The van der Waals surface area contributed by atoms with E-state index in [-0.39, 0.29) is 5.69 Å². The van der Waals surface area contributed by atoms with Crippen LogP contribution in [0.2, 0.25) is 0 Å². The van der Waals surface area contributed by atoms with Crippen molar-refractivity contribution in [3.8, 4) is 11.1 Å². The van der Waals surface area contributed by atoms with Crippen LogP contribution in [0.5, 0.6) is 0 Å². The molecule has 0 aliphatic carbocycles. The van der Waals surface area contributed by atoms with Gasteiger partial charge in [-0.3, -0.25) is 0 Å². The summed E-state index contributed by atoms with van der Waals surface area (Å²) < 4.78 is 0. The molecule has 0 aliphatic rings. The average Bonchev–Trinajstić information content (AvgIpc) is 3.10. The molecule has 0 aliphatic heterocycles. The lowest BCUT2D eigenvalue weighted by Crippen LogP contribution is -1.98. The number of carboxylic acid groups (broad SMARTS) is 1. The summed E-state index contributed by atoms with van der Waals surface area (Å²) in [7, 11) is 0. The first-order chi connectivity index (χ1) is 10.2. The largest absolute Gasteiger partial charge is 0.477 e. The minimum Gasteiger partial charge on any atom is -0.477 e. The zero-order valence-electron chi connectivity index (χ0n) is 11.1. The number of nitrogens with one attached hydrogen (secondary N) is 2. The molecule has 0 saturated heterocycles. The van der Waals surface area contributed by atoms with Crippen LogP contribution in [-0.4, -0.2) is 21.0 Å². The molecule has 0 bridgehead atoms. The molecule has 0 radical (unpaired) electrons. The predicted octanol–water partition coefficient (Wildman–Crippen LogP) is 4.01. The van der Waals surface area contributed by atoms with Gasteiger partial charge >= 0.3 is 5.97 Å². The number of aromatic carboxylic acids is 1. The number of hydrogen-bond donors (Lipinski definition) is 3. The Balaban J connectivity index is 2.07. The fourth-order valence-corrected chi connectivity index (χ4v) is 2.81. The fourth-order valence-electron chi connectivity index (χ4n) is 2.81. The van der Waals surface area contributed by atoms with Gasteiger partial charge in [-0.15, -0.1) is 0 Å². The van der Waals surface area contributed by atoms with Crippen LogP contribution in [0, 0.1) is 0 Å². The Morgan fingerprint density at radius 3 is 2.71 bits per heavy atom. The van der Waals surface area contributed by atoms with Crippen LogP contribution in [0.4, 0.5) is 0 Å². The minimum absolute atomic E-state index is 0.228. The molecule has 2 heterocycles. The minimum atomic E-state index is -0.949. The Kier molecular flexibility index (Phi) is 2.38. The molecule has 4 heteroatoms. The molecular formula is C17H12N2O2. The molecule has 0 spiro atoms. The molecule has 21 heavy (non-hydrogen) atoms. The summed E-state index contributed by atoms with van der Waals surface area (Å²) in [6.07, 6.45) is 1.88. The highest BCUT2D eigenvalue weighted by Gasteiger charge is 2.18. The van der Waals surface area contributed by atoms with Crippen LogP contribution < -0.4 is 0 Å². The van der Waals surface area contributed by atoms with Crippen molar-refractivity contribution in [1.82, 2.24) is 9.97 Å². The van der Waals surface area contributed by atoms with Crippen molar-refractivity contribution in [2.45, 2.75) is 0 Å². The van der Waals surface area contributed by atoms with Gasteiger partial charge in [-0.1, -0.05) is 24.3 Å². The van der Waals surface area contributed by atoms with Gasteiger partial charge in [-0.05, 0) is 35.2 Å². The molecule has 4 nitrogen and oxygen atoms in total. The van der Waals surface area contributed by atoms with Gasteiger partial charge in [0.2, 0.25) is 0 Å². The van der Waals surface area contributed by atoms with Gasteiger partial charge in [0.1, 0.15) is 5.69 Å². The number of carbonyl (C=O) groups is 1. The maximum Gasteiger partial charge on any atom is 0.352 e. The number of fused-ring (bicyclic) bond motifs is 2. The van der Waals surface area contributed by atoms with E-state index in [1.807, 2.05) is 54.7 Å². The van der Waals surface area contributed by atoms with Gasteiger partial charge in [0, 0.05) is 28.2 Å². The molecule has 2 aromatic carbocycles. The third-order valence-electron chi connectivity index (χ3n) is 3.76. The lowest BCUT2D eigenvalue weighted by Gasteiger charge is -2.03. The van der Waals surface area contributed by atoms with Gasteiger partial charge in [0.15, 0.2) is 0 Å². The highest BCUT2D eigenvalue weighted by atomic mass is 16.4. The first-order valence-electron chi connectivity index (χ1n) is 6.65. The summed E-state index contributed by atoms with van der Waals surface area (Å²) in [6.45, 7) is 0. The standard InChI is InChI=1S/C17H12N2O2/c20-17(21)16-15(12-3-1-2-4-14(12)19-16)11-5-6-13-10(9-11)7-8-18-13/h1-9,18-19H,(H,20,21). The molecule has 3 N–H and O–H groups in total. The molecule has 2 aromatic heterocycles. The maximum atomic E-state index is 11.5. The second-order valence-corrected chi connectivity index (χ2v) is 5.01. The second kappa shape index (κ2) is 4.24. The second-order valence-electron chi connectivity index (χ2n) is 5.01. The molecule has 0 fully saturated rings. The quantitative estimate of drug-likeness (QED) is 0.517. The van der Waals surface area contributed by atoms with E-state index < -0.39 is 5.97 Å². The first-order valence-corrected chi connectivity index (χ1v) is 6.65. The van der Waals surface area contributed by atoms with Crippen LogP contribution in [-0.2, 0) is 0 Å². The van der Waals surface area contributed by atoms with Gasteiger partial charge in [0.05, 0.1) is 0 Å². The molecule has 4 aromatic rings. The summed E-state index contributed by atoms with van der Waals surface area (Å²) in [5.74, 6) is -0.949. The van der Waals surface area contributed by atoms with E-state index in [2.05, 4.69) is 9.97 Å². The van der Waals surface area contributed by atoms with Crippen LogP contribution in [0.15, 0.2) is 54.7 Å². The van der Waals surface area contributed by atoms with Crippen molar-refractivity contribution in [2.75, 3.05) is 0 Å². The SMILES string of the molecule is O=C(O)c1[nH]c2ccccc2c1-c1ccc2[nH]ccc2c1. The van der Waals surface area contributed by atoms with E-state index in [9.17, 15) is 9.90 Å². The number of benzene rings is 2. The van der Waals surface area contributed by atoms with Crippen molar-refractivity contribution in [2.24, 2.45) is 0 Å². The van der Waals surface area contributed by atoms with E-state index in [1.54, 1.807) is 0 Å². The number of rotatable bonds is 2. The lowest BCUT2D eigenvalue weighted by molar-refractivity contribution is 0.0692. The van der Waals surface area contributed by atoms with Crippen LogP contribution >= 0.6 is 0 Å². The van der Waals surface area contributed by atoms with Gasteiger partial charge < -0.3 is 15.1 Å². The summed E-state index contributed by atoms with van der Waals surface area (Å²) in [4.78, 5) is 17.7. The molecule has 0 unspecified atom stereocenters. The van der Waals surface area contributed by atoms with Crippen molar-refractivity contribution in [1.29, 1.82) is 0 Å². The van der Waals surface area contributed by atoms with Crippen molar-refractivity contribution in [3.63, 3.8) is 0 Å². The Bertz CT molecular complexity index is 979. The zero-order chi connectivity index (χ0) is 14.4. The van der Waals surface area contributed by atoms with Crippen molar-refractivity contribution in [3.05, 3.63) is 60.4 Å². The first kappa shape index (κ1) is 11.8. The average molecular weight is 276 g/mol. The summed E-state index contributed by atoms with van der Waals surface area (Å²) in [5, 5.41) is 11.4. The van der Waals surface area contributed by atoms with E-state index in [4.69, 9.17) is 0 Å². The van der Waals surface area contributed by atoms with E-state index in [0.717, 1.165) is 32.9 Å². The molecule has 0 saturated carbocycles.